The van der Waals surface area contributed by atoms with Gasteiger partial charge in [0.1, 0.15) is 12.0 Å². The van der Waals surface area contributed by atoms with Crippen LogP contribution in [-0.4, -0.2) is 19.6 Å². The summed E-state index contributed by atoms with van der Waals surface area (Å²) in [6, 6.07) is 7.28. The summed E-state index contributed by atoms with van der Waals surface area (Å²) in [5.41, 5.74) is 6.85. The third-order valence-electron chi connectivity index (χ3n) is 3.75. The smallest absolute Gasteiger partial charge is 0.254 e. The topological polar surface area (TPSA) is 86.7 Å². The Bertz CT molecular complexity index is 701. The van der Waals surface area contributed by atoms with Crippen molar-refractivity contribution in [2.75, 3.05) is 13.7 Å². The fraction of sp³-hybridized carbons (Fsp3) is 0.421. The van der Waals surface area contributed by atoms with Crippen molar-refractivity contribution in [2.45, 2.75) is 33.4 Å². The first-order valence-electron chi connectivity index (χ1n) is 8.39. The zero-order valence-corrected chi connectivity index (χ0v) is 16.2. The molecule has 1 amide bonds. The van der Waals surface area contributed by atoms with Crippen LogP contribution in [0.15, 0.2) is 34.9 Å². The standard InChI is InChI=1S/C19H26N2O4.ClH/c1-13(2)6-7-24-17-5-4-14(8-18(17)23-3)11-21-19(22)15-9-16(10-20)25-12-15;/h4-5,8-9,12-13H,6-7,10-11,20H2,1-3H3,(H,21,22);1H. The summed E-state index contributed by atoms with van der Waals surface area (Å²) in [4.78, 5) is 12.1. The van der Waals surface area contributed by atoms with Crippen LogP contribution >= 0.6 is 12.4 Å². The first-order valence-corrected chi connectivity index (χ1v) is 8.39. The van der Waals surface area contributed by atoms with Crippen molar-refractivity contribution in [1.29, 1.82) is 0 Å². The van der Waals surface area contributed by atoms with E-state index in [9.17, 15) is 4.79 Å². The van der Waals surface area contributed by atoms with Gasteiger partial charge in [0.2, 0.25) is 0 Å². The monoisotopic (exact) mass is 382 g/mol. The van der Waals surface area contributed by atoms with Crippen molar-refractivity contribution in [3.63, 3.8) is 0 Å². The molecule has 2 rings (SSSR count). The van der Waals surface area contributed by atoms with Gasteiger partial charge in [-0.15, -0.1) is 12.4 Å². The number of ether oxygens (including phenoxy) is 2. The lowest BCUT2D eigenvalue weighted by molar-refractivity contribution is 0.0950. The summed E-state index contributed by atoms with van der Waals surface area (Å²) >= 11 is 0. The molecule has 0 fully saturated rings. The summed E-state index contributed by atoms with van der Waals surface area (Å²) in [6.45, 7) is 5.60. The van der Waals surface area contributed by atoms with Crippen LogP contribution in [0, 0.1) is 5.92 Å². The summed E-state index contributed by atoms with van der Waals surface area (Å²) in [5, 5.41) is 2.85. The number of rotatable bonds is 9. The molecule has 1 aromatic carbocycles. The average molecular weight is 383 g/mol. The fourth-order valence-electron chi connectivity index (χ4n) is 2.24. The number of hydrogen-bond acceptors (Lipinski definition) is 5. The molecule has 0 radical (unpaired) electrons. The lowest BCUT2D eigenvalue weighted by atomic mass is 10.1. The van der Waals surface area contributed by atoms with Crippen molar-refractivity contribution in [2.24, 2.45) is 11.7 Å². The molecule has 6 nitrogen and oxygen atoms in total. The van der Waals surface area contributed by atoms with Crippen LogP contribution < -0.4 is 20.5 Å². The lowest BCUT2D eigenvalue weighted by Crippen LogP contribution is -2.22. The Morgan fingerprint density at radius 2 is 2.04 bits per heavy atom. The highest BCUT2D eigenvalue weighted by atomic mass is 35.5. The van der Waals surface area contributed by atoms with Crippen molar-refractivity contribution in [3.8, 4) is 11.5 Å². The Balaban J connectivity index is 0.00000338. The molecule has 144 valence electrons. The first-order chi connectivity index (χ1) is 12.0. The molecule has 0 aliphatic rings. The van der Waals surface area contributed by atoms with Crippen LogP contribution in [0.25, 0.3) is 0 Å². The van der Waals surface area contributed by atoms with Gasteiger partial charge in [-0.2, -0.15) is 0 Å². The molecule has 0 spiro atoms. The van der Waals surface area contributed by atoms with Crippen molar-refractivity contribution in [3.05, 3.63) is 47.4 Å². The molecule has 2 aromatic rings. The van der Waals surface area contributed by atoms with E-state index in [0.717, 1.165) is 12.0 Å². The number of nitrogens with one attached hydrogen (secondary N) is 1. The predicted molar refractivity (Wildman–Crippen MR) is 103 cm³/mol. The summed E-state index contributed by atoms with van der Waals surface area (Å²) in [5.74, 6) is 2.32. The van der Waals surface area contributed by atoms with Crippen molar-refractivity contribution in [1.82, 2.24) is 5.32 Å². The largest absolute Gasteiger partial charge is 0.493 e. The maximum absolute atomic E-state index is 12.1. The molecule has 0 aliphatic carbocycles. The van der Waals surface area contributed by atoms with Crippen LogP contribution in [0.4, 0.5) is 0 Å². The van der Waals surface area contributed by atoms with Gasteiger partial charge in [-0.05, 0) is 36.1 Å². The minimum atomic E-state index is -0.209. The number of furan rings is 1. The average Bonchev–Trinajstić information content (AvgIpc) is 3.09. The molecular weight excluding hydrogens is 356 g/mol. The van der Waals surface area contributed by atoms with Gasteiger partial charge in [0.05, 0.1) is 25.8 Å². The van der Waals surface area contributed by atoms with E-state index in [0.29, 0.717) is 41.9 Å². The van der Waals surface area contributed by atoms with Crippen LogP contribution in [0.2, 0.25) is 0 Å². The maximum atomic E-state index is 12.1. The second-order valence-electron chi connectivity index (χ2n) is 6.20. The van der Waals surface area contributed by atoms with E-state index in [1.54, 1.807) is 13.2 Å². The van der Waals surface area contributed by atoms with Gasteiger partial charge in [0.25, 0.3) is 5.91 Å². The molecule has 1 aromatic heterocycles. The Kier molecular flexibility index (Phi) is 9.02. The molecule has 0 saturated heterocycles. The van der Waals surface area contributed by atoms with E-state index in [-0.39, 0.29) is 24.9 Å². The third-order valence-corrected chi connectivity index (χ3v) is 3.75. The second kappa shape index (κ2) is 10.7. The molecule has 0 unspecified atom stereocenters. The first kappa shape index (κ1) is 21.9. The number of halogens is 1. The van der Waals surface area contributed by atoms with Crippen LogP contribution in [0.1, 0.15) is 41.9 Å². The van der Waals surface area contributed by atoms with E-state index in [4.69, 9.17) is 19.6 Å². The minimum absolute atomic E-state index is 0. The van der Waals surface area contributed by atoms with Gasteiger partial charge in [-0.25, -0.2) is 0 Å². The highest BCUT2D eigenvalue weighted by molar-refractivity contribution is 5.93. The van der Waals surface area contributed by atoms with Crippen LogP contribution in [0.3, 0.4) is 0 Å². The van der Waals surface area contributed by atoms with Gasteiger partial charge >= 0.3 is 0 Å². The van der Waals surface area contributed by atoms with Crippen molar-refractivity contribution >= 4 is 18.3 Å². The number of nitrogens with two attached hydrogens (primary N) is 1. The molecule has 0 atom stereocenters. The molecule has 3 N–H and O–H groups in total. The maximum Gasteiger partial charge on any atom is 0.254 e. The van der Waals surface area contributed by atoms with E-state index >= 15 is 0 Å². The zero-order valence-electron chi connectivity index (χ0n) is 15.4. The van der Waals surface area contributed by atoms with Gasteiger partial charge in [0.15, 0.2) is 11.5 Å². The Morgan fingerprint density at radius 1 is 1.27 bits per heavy atom. The predicted octanol–water partition coefficient (Wildman–Crippen LogP) is 3.52. The fourth-order valence-corrected chi connectivity index (χ4v) is 2.24. The van der Waals surface area contributed by atoms with Gasteiger partial charge in [-0.1, -0.05) is 19.9 Å². The van der Waals surface area contributed by atoms with Gasteiger partial charge < -0.3 is 24.9 Å². The highest BCUT2D eigenvalue weighted by Gasteiger charge is 2.11. The van der Waals surface area contributed by atoms with Gasteiger partial charge in [0, 0.05) is 6.54 Å². The Labute approximate surface area is 160 Å². The van der Waals surface area contributed by atoms with Gasteiger partial charge in [-0.3, -0.25) is 4.79 Å². The highest BCUT2D eigenvalue weighted by Crippen LogP contribution is 2.28. The molecule has 7 heteroatoms. The Morgan fingerprint density at radius 3 is 2.65 bits per heavy atom. The van der Waals surface area contributed by atoms with E-state index in [2.05, 4.69) is 19.2 Å². The van der Waals surface area contributed by atoms with E-state index in [1.807, 2.05) is 18.2 Å². The SMILES string of the molecule is COc1cc(CNC(=O)c2coc(CN)c2)ccc1OCCC(C)C.Cl. The number of amides is 1. The zero-order chi connectivity index (χ0) is 18.2. The molecule has 0 saturated carbocycles. The van der Waals surface area contributed by atoms with Crippen LogP contribution in [0.5, 0.6) is 11.5 Å². The number of carbonyl (C=O) groups excluding carboxylic acids is 1. The number of carbonyl (C=O) groups is 1. The van der Waals surface area contributed by atoms with Crippen molar-refractivity contribution < 1.29 is 18.7 Å². The summed E-state index contributed by atoms with van der Waals surface area (Å²) < 4.78 is 16.3. The lowest BCUT2D eigenvalue weighted by Gasteiger charge is -2.13. The summed E-state index contributed by atoms with van der Waals surface area (Å²) in [7, 11) is 1.60. The molecule has 0 bridgehead atoms. The molecule has 1 heterocycles. The van der Waals surface area contributed by atoms with E-state index in [1.165, 1.54) is 6.26 Å². The van der Waals surface area contributed by atoms with Crippen LogP contribution in [-0.2, 0) is 13.1 Å². The quantitative estimate of drug-likeness (QED) is 0.692. The number of methoxy groups -OCH3 is 1. The molecule has 0 aliphatic heterocycles. The summed E-state index contributed by atoms with van der Waals surface area (Å²) in [6.07, 6.45) is 2.39. The molecular formula is C19H27ClN2O4. The number of hydrogen-bond donors (Lipinski definition) is 2. The van der Waals surface area contributed by atoms with E-state index < -0.39 is 0 Å². The second-order valence-corrected chi connectivity index (χ2v) is 6.20. The third kappa shape index (κ3) is 6.28. The molecule has 26 heavy (non-hydrogen) atoms. The normalized spacial score (nSPS) is 10.3. The number of benzene rings is 1. The Hall–Kier alpha value is -2.18. The minimum Gasteiger partial charge on any atom is -0.493 e.